The van der Waals surface area contributed by atoms with Crippen LogP contribution in [-0.4, -0.2) is 87.9 Å². The third-order valence-corrected chi connectivity index (χ3v) is 12.7. The lowest BCUT2D eigenvalue weighted by atomic mass is 10.0. The fourth-order valence-electron chi connectivity index (χ4n) is 7.76. The maximum atomic E-state index is 14.7. The fraction of sp³-hybridized carbons (Fsp3) is 0.204. The highest BCUT2D eigenvalue weighted by Gasteiger charge is 2.33. The second-order valence-electron chi connectivity index (χ2n) is 16.9. The van der Waals surface area contributed by atoms with Gasteiger partial charge in [-0.2, -0.15) is 0 Å². The second-order valence-corrected chi connectivity index (χ2v) is 18.4. The van der Waals surface area contributed by atoms with Crippen molar-refractivity contribution in [2.45, 2.75) is 68.4 Å². The number of carboxylic acids is 1. The standard InChI is InChI=1S/C54H51ClN6O9S/c55-39-22-20-38(21-23-39)37-18-13-33(14-19-37)17-26-42-49(64)59-43(28-34-8-3-1-4-9-34)50(65)60-44(51(66)61-46(54(69)70)30-35-10-5-2-6-11-35)29-36-15-24-40(25-16-36)56-53(68)47(62)32-48(63)57-45(52(67)58-42)31-41-12-7-27-71-41/h1-27,42-47,62H,28-32H2,(H,56,68)(H,57,63)(H,58,67)(H,59,64)(H,60,65)(H,61,66)(H,69,70). The fourth-order valence-corrected chi connectivity index (χ4v) is 8.64. The minimum atomic E-state index is -1.83. The topological polar surface area (TPSA) is 232 Å². The van der Waals surface area contributed by atoms with E-state index in [9.17, 15) is 43.8 Å². The number of carboxylic acid groups (broad SMARTS) is 1. The highest BCUT2D eigenvalue weighted by Crippen LogP contribution is 2.23. The molecule has 0 saturated carbocycles. The first kappa shape index (κ1) is 50.9. The Kier molecular flexibility index (Phi) is 17.6. The molecular formula is C54H51ClN6O9S. The molecule has 15 nitrogen and oxygen atoms in total. The second kappa shape index (κ2) is 24.6. The Balaban J connectivity index is 1.24. The van der Waals surface area contributed by atoms with Crippen molar-refractivity contribution in [1.29, 1.82) is 0 Å². The summed E-state index contributed by atoms with van der Waals surface area (Å²) in [5.74, 6) is -6.27. The van der Waals surface area contributed by atoms with Crippen molar-refractivity contribution >= 4 is 76.1 Å². The van der Waals surface area contributed by atoms with Crippen molar-refractivity contribution in [1.82, 2.24) is 26.6 Å². The normalized spacial score (nSPS) is 19.8. The van der Waals surface area contributed by atoms with Gasteiger partial charge in [-0.25, -0.2) is 4.79 Å². The third kappa shape index (κ3) is 15.0. The molecule has 2 aliphatic heterocycles. The monoisotopic (exact) mass is 994 g/mol. The molecular weight excluding hydrogens is 944 g/mol. The van der Waals surface area contributed by atoms with Crippen LogP contribution in [-0.2, 0) is 59.2 Å². The van der Waals surface area contributed by atoms with Crippen molar-refractivity contribution in [3.63, 3.8) is 0 Å². The van der Waals surface area contributed by atoms with E-state index >= 15 is 0 Å². The molecule has 1 aromatic heterocycles. The number of aliphatic carboxylic acids is 1. The lowest BCUT2D eigenvalue weighted by Crippen LogP contribution is -2.59. The Morgan fingerprint density at radius 3 is 1.92 bits per heavy atom. The summed E-state index contributed by atoms with van der Waals surface area (Å²) in [6.45, 7) is 0. The molecule has 71 heavy (non-hydrogen) atoms. The average molecular weight is 996 g/mol. The van der Waals surface area contributed by atoms with E-state index in [-0.39, 0.29) is 31.4 Å². The molecule has 8 rings (SSSR count). The van der Waals surface area contributed by atoms with Gasteiger partial charge >= 0.3 is 5.97 Å². The number of aliphatic hydroxyl groups excluding tert-OH is 1. The van der Waals surface area contributed by atoms with Crippen molar-refractivity contribution in [3.8, 4) is 11.1 Å². The van der Waals surface area contributed by atoms with Gasteiger partial charge in [0.15, 0.2) is 0 Å². The number of thiophene rings is 1. The number of benzene rings is 5. The molecule has 6 amide bonds. The first-order chi connectivity index (χ1) is 34.3. The van der Waals surface area contributed by atoms with Gasteiger partial charge in [0, 0.05) is 41.3 Å². The van der Waals surface area contributed by atoms with Gasteiger partial charge in [-0.3, -0.25) is 28.8 Å². The molecule has 0 fully saturated rings. The van der Waals surface area contributed by atoms with Gasteiger partial charge in [0.1, 0.15) is 36.3 Å². The molecule has 6 aromatic rings. The van der Waals surface area contributed by atoms with Crippen LogP contribution in [0.15, 0.2) is 157 Å². The molecule has 364 valence electrons. The minimum Gasteiger partial charge on any atom is -0.480 e. The molecule has 0 radical (unpaired) electrons. The molecule has 0 saturated heterocycles. The number of anilines is 1. The van der Waals surface area contributed by atoms with E-state index in [4.69, 9.17) is 11.6 Å². The first-order valence-corrected chi connectivity index (χ1v) is 24.0. The summed E-state index contributed by atoms with van der Waals surface area (Å²) in [5.41, 5.74) is 4.47. The summed E-state index contributed by atoms with van der Waals surface area (Å²) in [5, 5.41) is 39.5. The van der Waals surface area contributed by atoms with Crippen LogP contribution in [0.4, 0.5) is 5.69 Å². The number of carbonyl (C=O) groups is 7. The number of aliphatic hydroxyl groups is 1. The minimum absolute atomic E-state index is 0.00926. The van der Waals surface area contributed by atoms with Crippen LogP contribution >= 0.6 is 22.9 Å². The summed E-state index contributed by atoms with van der Waals surface area (Å²) in [6.07, 6.45) is 0.221. The van der Waals surface area contributed by atoms with E-state index in [1.807, 2.05) is 36.4 Å². The number of fused-ring (bicyclic) bond motifs is 18. The van der Waals surface area contributed by atoms with Crippen LogP contribution in [0.3, 0.4) is 0 Å². The number of halogens is 1. The van der Waals surface area contributed by atoms with Crippen molar-refractivity contribution in [3.05, 3.63) is 189 Å². The maximum Gasteiger partial charge on any atom is 0.326 e. The van der Waals surface area contributed by atoms with Gasteiger partial charge in [0.05, 0.1) is 6.42 Å². The van der Waals surface area contributed by atoms with Crippen LogP contribution in [0.2, 0.25) is 5.02 Å². The molecule has 0 spiro atoms. The zero-order chi connectivity index (χ0) is 50.3. The summed E-state index contributed by atoms with van der Waals surface area (Å²) >= 11 is 7.43. The highest BCUT2D eigenvalue weighted by atomic mass is 35.5. The molecule has 2 bridgehead atoms. The quantitative estimate of drug-likeness (QED) is 0.0747. The van der Waals surface area contributed by atoms with Gasteiger partial charge in [-0.1, -0.05) is 139 Å². The lowest BCUT2D eigenvalue weighted by molar-refractivity contribution is -0.142. The van der Waals surface area contributed by atoms with Crippen molar-refractivity contribution in [2.24, 2.45) is 0 Å². The zero-order valence-corrected chi connectivity index (χ0v) is 39.7. The molecule has 5 aromatic carbocycles. The van der Waals surface area contributed by atoms with Crippen LogP contribution in [0.25, 0.3) is 17.2 Å². The Bertz CT molecular complexity index is 2830. The van der Waals surface area contributed by atoms with E-state index < -0.39 is 84.1 Å². The van der Waals surface area contributed by atoms with Gasteiger partial charge in [-0.05, 0) is 69.1 Å². The Hall–Kier alpha value is -7.92. The molecule has 6 unspecified atom stereocenters. The molecule has 3 heterocycles. The van der Waals surface area contributed by atoms with Crippen molar-refractivity contribution in [2.75, 3.05) is 5.32 Å². The number of hydrogen-bond acceptors (Lipinski definition) is 9. The van der Waals surface area contributed by atoms with E-state index in [0.29, 0.717) is 32.2 Å². The van der Waals surface area contributed by atoms with Crippen LogP contribution < -0.4 is 31.9 Å². The summed E-state index contributed by atoms with van der Waals surface area (Å²) in [7, 11) is 0. The van der Waals surface area contributed by atoms with E-state index in [1.165, 1.54) is 29.5 Å². The summed E-state index contributed by atoms with van der Waals surface area (Å²) in [4.78, 5) is 97.8. The zero-order valence-electron chi connectivity index (χ0n) is 38.1. The van der Waals surface area contributed by atoms with Crippen LogP contribution in [0.1, 0.15) is 33.6 Å². The third-order valence-electron chi connectivity index (χ3n) is 11.6. The van der Waals surface area contributed by atoms with E-state index in [2.05, 4.69) is 31.9 Å². The Morgan fingerprint density at radius 2 is 1.28 bits per heavy atom. The molecule has 2 aliphatic rings. The van der Waals surface area contributed by atoms with Crippen LogP contribution in [0, 0.1) is 0 Å². The number of nitrogens with one attached hydrogen (secondary N) is 6. The summed E-state index contributed by atoms with van der Waals surface area (Å²) in [6, 6.07) is 35.0. The predicted molar refractivity (Wildman–Crippen MR) is 271 cm³/mol. The van der Waals surface area contributed by atoms with Crippen LogP contribution in [0.5, 0.6) is 0 Å². The van der Waals surface area contributed by atoms with Gasteiger partial charge in [-0.15, -0.1) is 11.3 Å². The van der Waals surface area contributed by atoms with Crippen molar-refractivity contribution < 1.29 is 43.8 Å². The first-order valence-electron chi connectivity index (χ1n) is 22.7. The average Bonchev–Trinajstić information content (AvgIpc) is 3.89. The summed E-state index contributed by atoms with van der Waals surface area (Å²) < 4.78 is 0. The van der Waals surface area contributed by atoms with E-state index in [1.54, 1.807) is 109 Å². The maximum absolute atomic E-state index is 14.7. The number of rotatable bonds is 12. The number of hydrogen-bond donors (Lipinski definition) is 8. The highest BCUT2D eigenvalue weighted by molar-refractivity contribution is 7.09. The Labute approximate surface area is 418 Å². The smallest absolute Gasteiger partial charge is 0.326 e. The van der Waals surface area contributed by atoms with E-state index in [0.717, 1.165) is 11.1 Å². The Morgan fingerprint density at radius 1 is 0.662 bits per heavy atom. The van der Waals surface area contributed by atoms with Gasteiger partial charge in [0.2, 0.25) is 29.5 Å². The molecule has 6 atom stereocenters. The molecule has 0 aliphatic carbocycles. The molecule has 17 heteroatoms. The molecule has 8 N–H and O–H groups in total. The lowest BCUT2D eigenvalue weighted by Gasteiger charge is -2.26. The largest absolute Gasteiger partial charge is 0.480 e. The van der Waals surface area contributed by atoms with Gasteiger partial charge in [0.25, 0.3) is 5.91 Å². The van der Waals surface area contributed by atoms with Gasteiger partial charge < -0.3 is 42.1 Å². The number of carbonyl (C=O) groups excluding carboxylic acids is 6. The number of amides is 6. The predicted octanol–water partition coefficient (Wildman–Crippen LogP) is 5.26. The SMILES string of the molecule is O=C1CC(O)C(=O)Nc2ccc(cc2)CC(C(=O)NC(Cc2ccccc2)C(=O)O)NC(=O)C(Cc2ccccc2)NC(=O)C(C=Cc2ccc(-c3ccc(Cl)cc3)cc2)NC(=O)C(Cc2cccs2)N1.